The SMILES string of the molecule is COC1OC(COCc2ccc(Br)cc2)C(OCc2ccccc2)C(OCc2ccccc2)C1OCc1ccccc1Br. The molecule has 0 aromatic heterocycles. The largest absolute Gasteiger partial charge is 0.374 e. The van der Waals surface area contributed by atoms with E-state index in [1.165, 1.54) is 0 Å². The summed E-state index contributed by atoms with van der Waals surface area (Å²) in [5, 5.41) is 0. The summed E-state index contributed by atoms with van der Waals surface area (Å²) in [4.78, 5) is 0. The van der Waals surface area contributed by atoms with E-state index in [1.807, 2.05) is 109 Å². The van der Waals surface area contributed by atoms with Crippen LogP contribution in [0.2, 0.25) is 0 Å². The molecule has 0 bridgehead atoms. The van der Waals surface area contributed by atoms with Gasteiger partial charge in [-0.3, -0.25) is 0 Å². The molecule has 0 spiro atoms. The van der Waals surface area contributed by atoms with Crippen LogP contribution >= 0.6 is 31.9 Å². The van der Waals surface area contributed by atoms with Gasteiger partial charge in [0.2, 0.25) is 0 Å². The standard InChI is InChI=1S/C35H36Br2O6/c1-38-35-34(42-23-28-14-8-9-15-30(28)37)33(41-22-26-12-6-3-7-13-26)32(40-21-25-10-4-2-5-11-25)31(43-35)24-39-20-27-16-18-29(36)19-17-27/h2-19,31-35H,20-24H2,1H3. The van der Waals surface area contributed by atoms with E-state index in [4.69, 9.17) is 28.4 Å². The van der Waals surface area contributed by atoms with Crippen molar-refractivity contribution in [2.45, 2.75) is 57.1 Å². The molecule has 43 heavy (non-hydrogen) atoms. The first-order valence-electron chi connectivity index (χ1n) is 14.3. The molecule has 4 aromatic carbocycles. The Balaban J connectivity index is 1.39. The smallest absolute Gasteiger partial charge is 0.186 e. The van der Waals surface area contributed by atoms with Gasteiger partial charge < -0.3 is 28.4 Å². The highest BCUT2D eigenvalue weighted by Gasteiger charge is 2.48. The molecule has 5 unspecified atom stereocenters. The number of ether oxygens (including phenoxy) is 6. The van der Waals surface area contributed by atoms with Gasteiger partial charge in [-0.15, -0.1) is 0 Å². The van der Waals surface area contributed by atoms with Crippen molar-refractivity contribution in [3.05, 3.63) is 140 Å². The maximum Gasteiger partial charge on any atom is 0.186 e. The minimum atomic E-state index is -0.693. The maximum absolute atomic E-state index is 6.66. The molecule has 0 saturated carbocycles. The Morgan fingerprint density at radius 3 is 1.77 bits per heavy atom. The van der Waals surface area contributed by atoms with Crippen LogP contribution in [0.15, 0.2) is 118 Å². The Morgan fingerprint density at radius 1 is 0.581 bits per heavy atom. The zero-order valence-corrected chi connectivity index (χ0v) is 27.2. The van der Waals surface area contributed by atoms with Crippen molar-refractivity contribution in [1.29, 1.82) is 0 Å². The lowest BCUT2D eigenvalue weighted by Gasteiger charge is -2.45. The lowest BCUT2D eigenvalue weighted by atomic mass is 9.97. The molecule has 1 saturated heterocycles. The minimum Gasteiger partial charge on any atom is -0.374 e. The van der Waals surface area contributed by atoms with Gasteiger partial charge in [-0.2, -0.15) is 0 Å². The second kappa shape index (κ2) is 16.6. The van der Waals surface area contributed by atoms with E-state index in [9.17, 15) is 0 Å². The lowest BCUT2D eigenvalue weighted by Crippen LogP contribution is -2.61. The second-order valence-corrected chi connectivity index (χ2v) is 12.1. The number of benzene rings is 4. The number of hydrogen-bond acceptors (Lipinski definition) is 6. The van der Waals surface area contributed by atoms with Crippen LogP contribution in [0, 0.1) is 0 Å². The molecule has 0 aliphatic carbocycles. The molecule has 6 nitrogen and oxygen atoms in total. The van der Waals surface area contributed by atoms with Crippen LogP contribution in [-0.4, -0.2) is 44.4 Å². The maximum atomic E-state index is 6.66. The third-order valence-electron chi connectivity index (χ3n) is 7.25. The summed E-state index contributed by atoms with van der Waals surface area (Å²) in [5.41, 5.74) is 4.19. The monoisotopic (exact) mass is 710 g/mol. The lowest BCUT2D eigenvalue weighted by molar-refractivity contribution is -0.323. The van der Waals surface area contributed by atoms with Gasteiger partial charge in [-0.05, 0) is 40.5 Å². The van der Waals surface area contributed by atoms with Gasteiger partial charge in [0.1, 0.15) is 24.4 Å². The van der Waals surface area contributed by atoms with E-state index >= 15 is 0 Å². The molecule has 1 aliphatic rings. The predicted molar refractivity (Wildman–Crippen MR) is 172 cm³/mol. The zero-order valence-electron chi connectivity index (χ0n) is 24.0. The average Bonchev–Trinajstić information content (AvgIpc) is 3.04. The Kier molecular flexibility index (Phi) is 12.4. The van der Waals surface area contributed by atoms with Gasteiger partial charge in [0.05, 0.1) is 33.0 Å². The fourth-order valence-corrected chi connectivity index (χ4v) is 5.64. The topological polar surface area (TPSA) is 55.4 Å². The van der Waals surface area contributed by atoms with Crippen molar-refractivity contribution in [2.75, 3.05) is 13.7 Å². The van der Waals surface area contributed by atoms with Gasteiger partial charge in [-0.25, -0.2) is 0 Å². The number of halogens is 2. The van der Waals surface area contributed by atoms with E-state index in [0.29, 0.717) is 26.4 Å². The van der Waals surface area contributed by atoms with Crippen molar-refractivity contribution < 1.29 is 28.4 Å². The van der Waals surface area contributed by atoms with Crippen LogP contribution < -0.4 is 0 Å². The van der Waals surface area contributed by atoms with Crippen LogP contribution in [0.1, 0.15) is 22.3 Å². The Labute approximate surface area is 270 Å². The molecule has 1 heterocycles. The predicted octanol–water partition coefficient (Wildman–Crippen LogP) is 7.86. The second-order valence-electron chi connectivity index (χ2n) is 10.3. The zero-order chi connectivity index (χ0) is 29.9. The number of hydrogen-bond donors (Lipinski definition) is 0. The van der Waals surface area contributed by atoms with Crippen molar-refractivity contribution >= 4 is 31.9 Å². The van der Waals surface area contributed by atoms with Gasteiger partial charge in [0.15, 0.2) is 6.29 Å². The highest BCUT2D eigenvalue weighted by molar-refractivity contribution is 9.10. The Bertz CT molecular complexity index is 1370. The third kappa shape index (κ3) is 9.30. The van der Waals surface area contributed by atoms with Crippen molar-refractivity contribution in [2.24, 2.45) is 0 Å². The highest BCUT2D eigenvalue weighted by Crippen LogP contribution is 2.32. The molecule has 1 aliphatic heterocycles. The van der Waals surface area contributed by atoms with Gasteiger partial charge in [0, 0.05) is 16.1 Å². The third-order valence-corrected chi connectivity index (χ3v) is 8.55. The van der Waals surface area contributed by atoms with Crippen LogP contribution in [0.25, 0.3) is 0 Å². The minimum absolute atomic E-state index is 0.289. The highest BCUT2D eigenvalue weighted by atomic mass is 79.9. The molecule has 4 aromatic rings. The molecule has 0 N–H and O–H groups in total. The first kappa shape index (κ1) is 32.0. The van der Waals surface area contributed by atoms with Crippen molar-refractivity contribution in [3.8, 4) is 0 Å². The molecule has 0 amide bonds. The molecule has 5 rings (SSSR count). The summed E-state index contributed by atoms with van der Waals surface area (Å²) in [6.45, 7) is 1.84. The van der Waals surface area contributed by atoms with E-state index in [1.54, 1.807) is 7.11 Å². The molecule has 8 heteroatoms. The van der Waals surface area contributed by atoms with Crippen LogP contribution in [0.4, 0.5) is 0 Å². The van der Waals surface area contributed by atoms with Gasteiger partial charge in [0.25, 0.3) is 0 Å². The van der Waals surface area contributed by atoms with Crippen LogP contribution in [0.5, 0.6) is 0 Å². The first-order valence-corrected chi connectivity index (χ1v) is 15.9. The van der Waals surface area contributed by atoms with Gasteiger partial charge >= 0.3 is 0 Å². The van der Waals surface area contributed by atoms with E-state index in [0.717, 1.165) is 31.2 Å². The molecule has 5 atom stereocenters. The molecule has 1 fully saturated rings. The summed E-state index contributed by atoms with van der Waals surface area (Å²) in [5.74, 6) is 0. The summed E-state index contributed by atoms with van der Waals surface area (Å²) in [6, 6.07) is 36.2. The number of rotatable bonds is 14. The summed E-state index contributed by atoms with van der Waals surface area (Å²) < 4.78 is 40.4. The van der Waals surface area contributed by atoms with Crippen LogP contribution in [-0.2, 0) is 54.8 Å². The van der Waals surface area contributed by atoms with Crippen LogP contribution in [0.3, 0.4) is 0 Å². The fourth-order valence-electron chi connectivity index (χ4n) is 4.98. The Morgan fingerprint density at radius 2 is 1.14 bits per heavy atom. The Hall–Kier alpha value is -2.40. The molecular formula is C35H36Br2O6. The summed E-state index contributed by atoms with van der Waals surface area (Å²) in [6.07, 6.45) is -2.73. The normalized spacial score (nSPS) is 22.0. The molecular weight excluding hydrogens is 676 g/mol. The summed E-state index contributed by atoms with van der Waals surface area (Å²) in [7, 11) is 1.62. The quantitative estimate of drug-likeness (QED) is 0.133. The molecule has 0 radical (unpaired) electrons. The molecule has 226 valence electrons. The van der Waals surface area contributed by atoms with Gasteiger partial charge in [-0.1, -0.05) is 123 Å². The van der Waals surface area contributed by atoms with Crippen molar-refractivity contribution in [3.63, 3.8) is 0 Å². The van der Waals surface area contributed by atoms with E-state index < -0.39 is 30.7 Å². The fraction of sp³-hybridized carbons (Fsp3) is 0.314. The average molecular weight is 712 g/mol. The first-order chi connectivity index (χ1) is 21.1. The van der Waals surface area contributed by atoms with E-state index in [-0.39, 0.29) is 6.61 Å². The van der Waals surface area contributed by atoms with E-state index in [2.05, 4.69) is 31.9 Å². The number of methoxy groups -OCH3 is 1. The van der Waals surface area contributed by atoms with Crippen molar-refractivity contribution in [1.82, 2.24) is 0 Å². The summed E-state index contributed by atoms with van der Waals surface area (Å²) >= 11 is 7.13.